The maximum Gasteiger partial charge on any atom is 0.309 e. The first-order valence-electron chi connectivity index (χ1n) is 10.6. The highest BCUT2D eigenvalue weighted by molar-refractivity contribution is 5.80. The van der Waals surface area contributed by atoms with Crippen LogP contribution in [0.1, 0.15) is 45.1 Å². The fourth-order valence-electron chi connectivity index (χ4n) is 3.28. The van der Waals surface area contributed by atoms with Gasteiger partial charge < -0.3 is 19.7 Å². The van der Waals surface area contributed by atoms with Crippen molar-refractivity contribution in [3.8, 4) is 0 Å². The van der Waals surface area contributed by atoms with Crippen molar-refractivity contribution < 1.29 is 14.3 Å². The lowest BCUT2D eigenvalue weighted by molar-refractivity contribution is -0.149. The number of nitrogens with zero attached hydrogens (tertiary/aromatic N) is 2. The maximum atomic E-state index is 11.9. The molecule has 156 valence electrons. The van der Waals surface area contributed by atoms with Gasteiger partial charge in [-0.25, -0.2) is 0 Å². The predicted molar refractivity (Wildman–Crippen MR) is 112 cm³/mol. The number of carbonyl (C=O) groups excluding carboxylic acids is 1. The van der Waals surface area contributed by atoms with E-state index >= 15 is 0 Å². The standard InChI is InChI=1S/C22H35N3O3/c1-3-23-22(25-15-12-20(13-16-25)21(26)28-4-2)24-14-8-9-17-27-18-19-10-6-5-7-11-19/h5-7,10-11,20H,3-4,8-9,12-18H2,1-2H3,(H,23,24). The molecule has 0 spiro atoms. The second kappa shape index (κ2) is 13.2. The van der Waals surface area contributed by atoms with Gasteiger partial charge in [0, 0.05) is 32.8 Å². The van der Waals surface area contributed by atoms with Gasteiger partial charge >= 0.3 is 5.97 Å². The summed E-state index contributed by atoms with van der Waals surface area (Å²) in [5.74, 6) is 0.926. The highest BCUT2D eigenvalue weighted by Gasteiger charge is 2.27. The molecule has 0 atom stereocenters. The number of aliphatic imine (C=N–C) groups is 1. The lowest BCUT2D eigenvalue weighted by Crippen LogP contribution is -2.46. The number of nitrogens with one attached hydrogen (secondary N) is 1. The Morgan fingerprint density at radius 3 is 2.61 bits per heavy atom. The molecule has 0 unspecified atom stereocenters. The molecule has 28 heavy (non-hydrogen) atoms. The van der Waals surface area contributed by atoms with Gasteiger partial charge in [-0.3, -0.25) is 9.79 Å². The zero-order valence-corrected chi connectivity index (χ0v) is 17.4. The largest absolute Gasteiger partial charge is 0.466 e. The van der Waals surface area contributed by atoms with Gasteiger partial charge in [-0.05, 0) is 45.1 Å². The van der Waals surface area contributed by atoms with Crippen LogP contribution < -0.4 is 5.32 Å². The summed E-state index contributed by atoms with van der Waals surface area (Å²) >= 11 is 0. The molecule has 1 aromatic carbocycles. The average Bonchev–Trinajstić information content (AvgIpc) is 2.73. The fourth-order valence-corrected chi connectivity index (χ4v) is 3.28. The number of rotatable bonds is 10. The molecule has 1 aromatic rings. The third-order valence-corrected chi connectivity index (χ3v) is 4.82. The Labute approximate surface area is 169 Å². The van der Waals surface area contributed by atoms with Crippen molar-refractivity contribution in [2.24, 2.45) is 10.9 Å². The topological polar surface area (TPSA) is 63.2 Å². The van der Waals surface area contributed by atoms with E-state index in [-0.39, 0.29) is 11.9 Å². The van der Waals surface area contributed by atoms with Crippen molar-refractivity contribution in [3.63, 3.8) is 0 Å². The second-order valence-corrected chi connectivity index (χ2v) is 6.99. The molecular formula is C22H35N3O3. The van der Waals surface area contributed by atoms with Crippen molar-refractivity contribution in [1.29, 1.82) is 0 Å². The van der Waals surface area contributed by atoms with Crippen LogP contribution in [0.4, 0.5) is 0 Å². The number of guanidine groups is 1. The second-order valence-electron chi connectivity index (χ2n) is 6.99. The summed E-state index contributed by atoms with van der Waals surface area (Å²) in [6, 6.07) is 10.2. The van der Waals surface area contributed by atoms with E-state index in [0.717, 1.165) is 64.4 Å². The van der Waals surface area contributed by atoms with Gasteiger partial charge in [-0.2, -0.15) is 0 Å². The summed E-state index contributed by atoms with van der Waals surface area (Å²) in [7, 11) is 0. The number of hydrogen-bond acceptors (Lipinski definition) is 4. The first-order valence-corrected chi connectivity index (χ1v) is 10.6. The van der Waals surface area contributed by atoms with E-state index in [1.807, 2.05) is 25.1 Å². The summed E-state index contributed by atoms with van der Waals surface area (Å²) in [4.78, 5) is 18.9. The van der Waals surface area contributed by atoms with Crippen molar-refractivity contribution >= 4 is 11.9 Å². The van der Waals surface area contributed by atoms with Crippen LogP contribution in [0.2, 0.25) is 0 Å². The molecule has 0 aromatic heterocycles. The first-order chi connectivity index (χ1) is 13.7. The lowest BCUT2D eigenvalue weighted by atomic mass is 9.97. The summed E-state index contributed by atoms with van der Waals surface area (Å²) in [5.41, 5.74) is 1.21. The summed E-state index contributed by atoms with van der Waals surface area (Å²) < 4.78 is 10.9. The van der Waals surface area contributed by atoms with Crippen LogP contribution in [0.5, 0.6) is 0 Å². The van der Waals surface area contributed by atoms with E-state index in [4.69, 9.17) is 14.5 Å². The molecule has 1 heterocycles. The van der Waals surface area contributed by atoms with Crippen molar-refractivity contribution in [2.75, 3.05) is 39.4 Å². The van der Waals surface area contributed by atoms with E-state index in [1.165, 1.54) is 5.56 Å². The number of hydrogen-bond donors (Lipinski definition) is 1. The number of esters is 1. The Bertz CT molecular complexity index is 584. The Balaban J connectivity index is 1.65. The zero-order valence-electron chi connectivity index (χ0n) is 17.4. The Morgan fingerprint density at radius 1 is 1.18 bits per heavy atom. The van der Waals surface area contributed by atoms with Crippen LogP contribution in [0.3, 0.4) is 0 Å². The molecule has 0 bridgehead atoms. The molecule has 1 N–H and O–H groups in total. The van der Waals surface area contributed by atoms with E-state index in [1.54, 1.807) is 0 Å². The van der Waals surface area contributed by atoms with Crippen LogP contribution in [-0.2, 0) is 20.9 Å². The highest BCUT2D eigenvalue weighted by Crippen LogP contribution is 2.18. The van der Waals surface area contributed by atoms with Crippen molar-refractivity contribution in [1.82, 2.24) is 10.2 Å². The molecule has 0 aliphatic carbocycles. The molecule has 1 aliphatic rings. The minimum atomic E-state index is -0.0559. The maximum absolute atomic E-state index is 11.9. The molecule has 2 rings (SSSR count). The Hall–Kier alpha value is -2.08. The summed E-state index contributed by atoms with van der Waals surface area (Å²) in [6.07, 6.45) is 3.66. The minimum Gasteiger partial charge on any atom is -0.466 e. The number of piperidine rings is 1. The van der Waals surface area contributed by atoms with Crippen LogP contribution >= 0.6 is 0 Å². The van der Waals surface area contributed by atoms with Crippen LogP contribution in [0.15, 0.2) is 35.3 Å². The third kappa shape index (κ3) is 7.89. The molecule has 1 saturated heterocycles. The fraction of sp³-hybridized carbons (Fsp3) is 0.636. The zero-order chi connectivity index (χ0) is 20.0. The number of benzene rings is 1. The van der Waals surface area contributed by atoms with E-state index in [2.05, 4.69) is 29.3 Å². The van der Waals surface area contributed by atoms with Gasteiger partial charge in [0.05, 0.1) is 19.1 Å². The smallest absolute Gasteiger partial charge is 0.309 e. The van der Waals surface area contributed by atoms with Gasteiger partial charge in [-0.1, -0.05) is 30.3 Å². The molecule has 6 nitrogen and oxygen atoms in total. The highest BCUT2D eigenvalue weighted by atomic mass is 16.5. The minimum absolute atomic E-state index is 0.0286. The SMILES string of the molecule is CCNC(=NCCCCOCc1ccccc1)N1CCC(C(=O)OCC)CC1. The number of unbranched alkanes of at least 4 members (excludes halogenated alkanes) is 1. The molecule has 0 saturated carbocycles. The third-order valence-electron chi connectivity index (χ3n) is 4.82. The quantitative estimate of drug-likeness (QED) is 0.288. The lowest BCUT2D eigenvalue weighted by Gasteiger charge is -2.33. The van der Waals surface area contributed by atoms with Crippen molar-refractivity contribution in [2.45, 2.75) is 46.1 Å². The monoisotopic (exact) mass is 389 g/mol. The molecule has 0 radical (unpaired) electrons. The summed E-state index contributed by atoms with van der Waals surface area (Å²) in [6.45, 7) is 9.14. The molecular weight excluding hydrogens is 354 g/mol. The van der Waals surface area contributed by atoms with Crippen LogP contribution in [0.25, 0.3) is 0 Å². The van der Waals surface area contributed by atoms with E-state index < -0.39 is 0 Å². The van der Waals surface area contributed by atoms with Gasteiger partial charge in [0.15, 0.2) is 5.96 Å². The van der Waals surface area contributed by atoms with Gasteiger partial charge in [-0.15, -0.1) is 0 Å². The average molecular weight is 390 g/mol. The molecule has 1 fully saturated rings. The van der Waals surface area contributed by atoms with Crippen LogP contribution in [-0.4, -0.2) is 56.2 Å². The normalized spacial score (nSPS) is 15.5. The van der Waals surface area contributed by atoms with E-state index in [0.29, 0.717) is 13.2 Å². The predicted octanol–water partition coefficient (Wildman–Crippen LogP) is 3.22. The molecule has 6 heteroatoms. The van der Waals surface area contributed by atoms with Crippen LogP contribution in [0, 0.1) is 5.92 Å². The van der Waals surface area contributed by atoms with Crippen molar-refractivity contribution in [3.05, 3.63) is 35.9 Å². The number of ether oxygens (including phenoxy) is 2. The van der Waals surface area contributed by atoms with Gasteiger partial charge in [0.25, 0.3) is 0 Å². The number of carbonyl (C=O) groups is 1. The van der Waals surface area contributed by atoms with E-state index in [9.17, 15) is 4.79 Å². The molecule has 0 amide bonds. The summed E-state index contributed by atoms with van der Waals surface area (Å²) in [5, 5.41) is 3.37. The Kier molecular flexibility index (Phi) is 10.4. The first kappa shape index (κ1) is 22.2. The van der Waals surface area contributed by atoms with Gasteiger partial charge in [0.1, 0.15) is 0 Å². The van der Waals surface area contributed by atoms with Gasteiger partial charge in [0.2, 0.25) is 0 Å². The molecule has 1 aliphatic heterocycles. The number of likely N-dealkylation sites (tertiary alicyclic amines) is 1. The Morgan fingerprint density at radius 2 is 1.93 bits per heavy atom.